The minimum atomic E-state index is 0.296. The maximum atomic E-state index is 6.16. The lowest BCUT2D eigenvalue weighted by Gasteiger charge is -2.32. The molecule has 0 bridgehead atoms. The molecule has 1 unspecified atom stereocenters. The van der Waals surface area contributed by atoms with E-state index in [0.29, 0.717) is 6.10 Å². The normalized spacial score (nSPS) is 21.2. The molecule has 2 rings (SSSR count). The fraction of sp³-hybridized carbons (Fsp3) is 0.571. The minimum Gasteiger partial charge on any atom is -0.374 e. The molecule has 1 aromatic rings. The van der Waals surface area contributed by atoms with Gasteiger partial charge in [-0.05, 0) is 31.2 Å². The molecule has 3 nitrogen and oxygen atoms in total. The van der Waals surface area contributed by atoms with Crippen LogP contribution in [-0.4, -0.2) is 44.3 Å². The number of ether oxygens (including phenoxy) is 1. The topological polar surface area (TPSA) is 24.5 Å². The van der Waals surface area contributed by atoms with Crippen molar-refractivity contribution in [2.75, 3.05) is 33.3 Å². The summed E-state index contributed by atoms with van der Waals surface area (Å²) in [6.07, 6.45) is 0.296. The second kappa shape index (κ2) is 6.53. The molecule has 0 radical (unpaired) electrons. The van der Waals surface area contributed by atoms with Gasteiger partial charge in [-0.15, -0.1) is 0 Å². The van der Waals surface area contributed by atoms with Crippen LogP contribution in [0.5, 0.6) is 0 Å². The van der Waals surface area contributed by atoms with Crippen LogP contribution in [0.1, 0.15) is 11.1 Å². The van der Waals surface area contributed by atoms with E-state index in [9.17, 15) is 0 Å². The van der Waals surface area contributed by atoms with Crippen LogP contribution in [0.3, 0.4) is 0 Å². The first-order valence-corrected chi connectivity index (χ1v) is 6.80. The lowest BCUT2D eigenvalue weighted by molar-refractivity contribution is -0.0291. The molecule has 0 saturated carbocycles. The maximum absolute atomic E-state index is 6.16. The summed E-state index contributed by atoms with van der Waals surface area (Å²) in [4.78, 5) is 2.42. The van der Waals surface area contributed by atoms with E-state index < -0.39 is 0 Å². The first-order valence-electron chi connectivity index (χ1n) is 6.42. The Morgan fingerprint density at radius 1 is 1.50 bits per heavy atom. The zero-order valence-corrected chi connectivity index (χ0v) is 11.8. The second-order valence-corrected chi connectivity index (χ2v) is 5.28. The van der Waals surface area contributed by atoms with Crippen LogP contribution in [0.15, 0.2) is 18.2 Å². The predicted molar refractivity (Wildman–Crippen MR) is 75.1 cm³/mol. The Balaban J connectivity index is 1.93. The van der Waals surface area contributed by atoms with Gasteiger partial charge in [-0.25, -0.2) is 0 Å². The van der Waals surface area contributed by atoms with Crippen molar-refractivity contribution in [2.24, 2.45) is 0 Å². The molecule has 1 saturated heterocycles. The van der Waals surface area contributed by atoms with Gasteiger partial charge in [-0.3, -0.25) is 4.90 Å². The molecular formula is C14H21ClN2O. The monoisotopic (exact) mass is 268 g/mol. The smallest absolute Gasteiger partial charge is 0.0826 e. The van der Waals surface area contributed by atoms with Gasteiger partial charge in [-0.1, -0.05) is 23.7 Å². The summed E-state index contributed by atoms with van der Waals surface area (Å²) in [5.41, 5.74) is 2.41. The summed E-state index contributed by atoms with van der Waals surface area (Å²) >= 11 is 6.16. The van der Waals surface area contributed by atoms with Crippen LogP contribution < -0.4 is 5.32 Å². The van der Waals surface area contributed by atoms with Crippen molar-refractivity contribution >= 4 is 11.6 Å². The quantitative estimate of drug-likeness (QED) is 0.905. The molecular weight excluding hydrogens is 248 g/mol. The molecule has 0 aromatic heterocycles. The first kappa shape index (κ1) is 13.8. The Morgan fingerprint density at radius 3 is 3.06 bits per heavy atom. The molecule has 0 spiro atoms. The van der Waals surface area contributed by atoms with Crippen LogP contribution in [-0.2, 0) is 11.3 Å². The van der Waals surface area contributed by atoms with Crippen LogP contribution in [0, 0.1) is 6.92 Å². The number of hydrogen-bond acceptors (Lipinski definition) is 3. The van der Waals surface area contributed by atoms with Gasteiger partial charge < -0.3 is 10.1 Å². The molecule has 0 amide bonds. The van der Waals surface area contributed by atoms with Gasteiger partial charge in [-0.2, -0.15) is 0 Å². The van der Waals surface area contributed by atoms with E-state index in [1.54, 1.807) is 0 Å². The molecule has 1 heterocycles. The Kier molecular flexibility index (Phi) is 5.01. The van der Waals surface area contributed by atoms with Crippen LogP contribution in [0.25, 0.3) is 0 Å². The molecule has 100 valence electrons. The molecule has 1 atom stereocenters. The van der Waals surface area contributed by atoms with Crippen LogP contribution in [0.4, 0.5) is 0 Å². The van der Waals surface area contributed by atoms with Crippen molar-refractivity contribution in [2.45, 2.75) is 19.6 Å². The SMILES string of the molecule is CNCC1CN(Cc2ccc(C)c(Cl)c2)CCO1. The fourth-order valence-corrected chi connectivity index (χ4v) is 2.47. The van der Waals surface area contributed by atoms with Crippen molar-refractivity contribution in [3.05, 3.63) is 34.3 Å². The molecule has 18 heavy (non-hydrogen) atoms. The Labute approximate surface area is 114 Å². The molecule has 1 aromatic carbocycles. The van der Waals surface area contributed by atoms with Crippen molar-refractivity contribution in [1.82, 2.24) is 10.2 Å². The van der Waals surface area contributed by atoms with E-state index in [-0.39, 0.29) is 0 Å². The highest BCUT2D eigenvalue weighted by atomic mass is 35.5. The van der Waals surface area contributed by atoms with Crippen LogP contribution in [0.2, 0.25) is 5.02 Å². The zero-order chi connectivity index (χ0) is 13.0. The van der Waals surface area contributed by atoms with Crippen molar-refractivity contribution in [3.63, 3.8) is 0 Å². The van der Waals surface area contributed by atoms with Crippen molar-refractivity contribution in [3.8, 4) is 0 Å². The number of aryl methyl sites for hydroxylation is 1. The average molecular weight is 269 g/mol. The molecule has 1 fully saturated rings. The lowest BCUT2D eigenvalue weighted by atomic mass is 10.1. The fourth-order valence-electron chi connectivity index (χ4n) is 2.27. The van der Waals surface area contributed by atoms with Gasteiger partial charge in [0, 0.05) is 31.2 Å². The molecule has 0 aliphatic carbocycles. The van der Waals surface area contributed by atoms with E-state index >= 15 is 0 Å². The average Bonchev–Trinajstić information content (AvgIpc) is 2.35. The predicted octanol–water partition coefficient (Wildman–Crippen LogP) is 2.07. The van der Waals surface area contributed by atoms with Crippen molar-refractivity contribution in [1.29, 1.82) is 0 Å². The number of rotatable bonds is 4. The van der Waals surface area contributed by atoms with E-state index in [1.165, 1.54) is 5.56 Å². The first-order chi connectivity index (χ1) is 8.69. The number of likely N-dealkylation sites (N-methyl/N-ethyl adjacent to an activating group) is 1. The summed E-state index contributed by atoms with van der Waals surface area (Å²) < 4.78 is 5.70. The van der Waals surface area contributed by atoms with Gasteiger partial charge in [0.05, 0.1) is 12.7 Å². The molecule has 4 heteroatoms. The zero-order valence-electron chi connectivity index (χ0n) is 11.1. The number of benzene rings is 1. The summed E-state index contributed by atoms with van der Waals surface area (Å²) in [6, 6.07) is 6.31. The van der Waals surface area contributed by atoms with Gasteiger partial charge in [0.1, 0.15) is 0 Å². The third kappa shape index (κ3) is 3.69. The highest BCUT2D eigenvalue weighted by Gasteiger charge is 2.19. The summed E-state index contributed by atoms with van der Waals surface area (Å²) in [5, 5.41) is 4.02. The number of nitrogens with zero attached hydrogens (tertiary/aromatic N) is 1. The lowest BCUT2D eigenvalue weighted by Crippen LogP contribution is -2.45. The third-order valence-corrected chi connectivity index (χ3v) is 3.70. The van der Waals surface area contributed by atoms with Gasteiger partial charge >= 0.3 is 0 Å². The summed E-state index contributed by atoms with van der Waals surface area (Å²) in [7, 11) is 1.96. The standard InChI is InChI=1S/C14H21ClN2O/c1-11-3-4-12(7-14(11)15)9-17-5-6-18-13(10-17)8-16-2/h3-4,7,13,16H,5-6,8-10H2,1-2H3. The van der Waals surface area contributed by atoms with Gasteiger partial charge in [0.25, 0.3) is 0 Å². The number of morpholine rings is 1. The number of halogens is 1. The molecule has 1 N–H and O–H groups in total. The third-order valence-electron chi connectivity index (χ3n) is 3.30. The minimum absolute atomic E-state index is 0.296. The largest absolute Gasteiger partial charge is 0.374 e. The van der Waals surface area contributed by atoms with Gasteiger partial charge in [0.15, 0.2) is 0 Å². The Bertz CT molecular complexity index is 395. The van der Waals surface area contributed by atoms with E-state index in [4.69, 9.17) is 16.3 Å². The Morgan fingerprint density at radius 2 is 2.33 bits per heavy atom. The second-order valence-electron chi connectivity index (χ2n) is 4.87. The van der Waals surface area contributed by atoms with Gasteiger partial charge in [0.2, 0.25) is 0 Å². The highest BCUT2D eigenvalue weighted by Crippen LogP contribution is 2.18. The summed E-state index contributed by atoms with van der Waals surface area (Å²) in [6.45, 7) is 6.67. The number of hydrogen-bond donors (Lipinski definition) is 1. The molecule has 1 aliphatic heterocycles. The molecule has 1 aliphatic rings. The number of nitrogens with one attached hydrogen (secondary N) is 1. The Hall–Kier alpha value is -0.610. The summed E-state index contributed by atoms with van der Waals surface area (Å²) in [5.74, 6) is 0. The van der Waals surface area contributed by atoms with E-state index in [2.05, 4.69) is 28.4 Å². The van der Waals surface area contributed by atoms with Crippen molar-refractivity contribution < 1.29 is 4.74 Å². The maximum Gasteiger partial charge on any atom is 0.0826 e. The van der Waals surface area contributed by atoms with Crippen LogP contribution >= 0.6 is 11.6 Å². The highest BCUT2D eigenvalue weighted by molar-refractivity contribution is 6.31. The van der Waals surface area contributed by atoms with E-state index in [0.717, 1.165) is 43.4 Å². The van der Waals surface area contributed by atoms with E-state index in [1.807, 2.05) is 14.0 Å².